The maximum atomic E-state index is 12.9. The lowest BCUT2D eigenvalue weighted by molar-refractivity contribution is -0.00000869. The summed E-state index contributed by atoms with van der Waals surface area (Å²) in [7, 11) is 0. The fourth-order valence-electron chi connectivity index (χ4n) is 3.85. The third-order valence-electron chi connectivity index (χ3n) is 5.19. The van der Waals surface area contributed by atoms with Gasteiger partial charge in [0.15, 0.2) is 30.3 Å². The standard InChI is InChI=1S/C20H21FN3O4.ClH/c21-1-2-23-4-7-26-19-9-13-17(11-15(19)23)28-18-12-16-20(10-14(18)22-13)27-8-5-24(16)3-6-25;/h9-12,25H,1-8H2;1H/q+1;/p-1/i21+0;. The molecule has 3 heterocycles. The van der Waals surface area contributed by atoms with Crippen molar-refractivity contribution < 1.29 is 36.1 Å². The monoisotopic (exact) mass is 421 g/mol. The lowest BCUT2D eigenvalue weighted by Crippen LogP contribution is -3.00. The largest absolute Gasteiger partial charge is 1.00 e. The van der Waals surface area contributed by atoms with Crippen molar-refractivity contribution in [3.8, 4) is 23.0 Å². The van der Waals surface area contributed by atoms with E-state index in [0.29, 0.717) is 67.7 Å². The Morgan fingerprint density at radius 3 is 2.76 bits per heavy atom. The molecule has 0 amide bonds. The molecule has 3 aliphatic heterocycles. The molecule has 0 bridgehead atoms. The molecule has 0 radical (unpaired) electrons. The zero-order chi connectivity index (χ0) is 19.1. The smallest absolute Gasteiger partial charge is 0.246 e. The highest BCUT2D eigenvalue weighted by Gasteiger charge is 2.25. The van der Waals surface area contributed by atoms with E-state index in [0.717, 1.165) is 16.8 Å². The summed E-state index contributed by atoms with van der Waals surface area (Å²) in [5, 5.41) is 10.9. The first-order valence-electron chi connectivity index (χ1n) is 9.45. The van der Waals surface area contributed by atoms with E-state index in [9.17, 15) is 9.50 Å². The van der Waals surface area contributed by atoms with E-state index < -0.39 is 6.67 Å². The van der Waals surface area contributed by atoms with Crippen molar-refractivity contribution in [1.82, 2.24) is 4.58 Å². The Morgan fingerprint density at radius 1 is 1.07 bits per heavy atom. The number of halogens is 2. The van der Waals surface area contributed by atoms with E-state index in [-0.39, 0.29) is 19.0 Å². The summed E-state index contributed by atoms with van der Waals surface area (Å²) in [4.78, 5) is 6.68. The minimum Gasteiger partial charge on any atom is -1.00 e. The molecule has 1 N–H and O–H groups in total. The van der Waals surface area contributed by atoms with Gasteiger partial charge < -0.3 is 36.6 Å². The van der Waals surface area contributed by atoms with Crippen LogP contribution in [-0.2, 0) is 0 Å². The summed E-state index contributed by atoms with van der Waals surface area (Å²) in [5.74, 6) is 2.68. The molecule has 0 spiro atoms. The number of anilines is 1. The number of aliphatic hydroxyl groups excluding tert-OH is 1. The number of benzene rings is 2. The second-order valence-corrected chi connectivity index (χ2v) is 6.87. The summed E-state index contributed by atoms with van der Waals surface area (Å²) in [6.07, 6.45) is 0. The summed E-state index contributed by atoms with van der Waals surface area (Å²) in [6.45, 7) is 2.95. The van der Waals surface area contributed by atoms with Crippen LogP contribution in [0, 0.1) is 0 Å². The minimum absolute atomic E-state index is 0. The van der Waals surface area contributed by atoms with Gasteiger partial charge in [0, 0.05) is 24.7 Å². The first-order chi connectivity index (χ1) is 13.8. The van der Waals surface area contributed by atoms with Crippen LogP contribution < -0.4 is 46.8 Å². The third kappa shape index (κ3) is 3.47. The van der Waals surface area contributed by atoms with Crippen molar-refractivity contribution in [2.75, 3.05) is 57.6 Å². The van der Waals surface area contributed by atoms with Gasteiger partial charge in [-0.2, -0.15) is 0 Å². The van der Waals surface area contributed by atoms with E-state index in [4.69, 9.17) is 19.2 Å². The predicted octanol–water partition coefficient (Wildman–Crippen LogP) is -2.21. The number of hydrogen-bond acceptors (Lipinski definition) is 6. The minimum atomic E-state index is -0.419. The van der Waals surface area contributed by atoms with Crippen LogP contribution >= 0.6 is 0 Å². The number of aliphatic hydroxyl groups is 1. The van der Waals surface area contributed by atoms with E-state index in [1.54, 1.807) is 0 Å². The SMILES string of the molecule is OCC[N+]1=c2cc3c(cc2OCC1)=Nc1cc2c(cc1O3)N(CC[19F])CCO2.[Cl-]. The molecule has 5 rings (SSSR count). The van der Waals surface area contributed by atoms with Gasteiger partial charge in [-0.1, -0.05) is 0 Å². The van der Waals surface area contributed by atoms with Crippen molar-refractivity contribution in [1.29, 1.82) is 0 Å². The molecule has 7 nitrogen and oxygen atoms in total. The summed E-state index contributed by atoms with van der Waals surface area (Å²) in [5.41, 5.74) is 1.50. The number of hydrogen-bond donors (Lipinski definition) is 1. The molecule has 2 aromatic rings. The quantitative estimate of drug-likeness (QED) is 0.484. The van der Waals surface area contributed by atoms with E-state index in [2.05, 4.69) is 4.58 Å². The highest BCUT2D eigenvalue weighted by Crippen LogP contribution is 2.44. The van der Waals surface area contributed by atoms with Crippen LogP contribution in [0.3, 0.4) is 0 Å². The highest BCUT2D eigenvalue weighted by atomic mass is 35.5. The zero-order valence-electron chi connectivity index (χ0n) is 15.7. The maximum absolute atomic E-state index is 12.9. The number of alkyl halides is 1. The van der Waals surface area contributed by atoms with Gasteiger partial charge in [-0.15, -0.1) is 0 Å². The van der Waals surface area contributed by atoms with Crippen LogP contribution in [0.5, 0.6) is 23.0 Å². The Balaban J connectivity index is 0.00000205. The Labute approximate surface area is 173 Å². The lowest BCUT2D eigenvalue weighted by Gasteiger charge is -2.31. The van der Waals surface area contributed by atoms with Crippen LogP contribution in [0.4, 0.5) is 15.8 Å². The van der Waals surface area contributed by atoms with Gasteiger partial charge in [0.1, 0.15) is 43.3 Å². The molecular formula is C20H21ClFN3O4. The average Bonchev–Trinajstić information content (AvgIpc) is 2.70. The van der Waals surface area contributed by atoms with Crippen molar-refractivity contribution >= 4 is 11.4 Å². The molecule has 0 saturated carbocycles. The first kappa shape index (κ1) is 19.7. The van der Waals surface area contributed by atoms with Gasteiger partial charge in [-0.05, 0) is 0 Å². The summed E-state index contributed by atoms with van der Waals surface area (Å²) >= 11 is 0. The van der Waals surface area contributed by atoms with Gasteiger partial charge in [0.25, 0.3) is 0 Å². The van der Waals surface area contributed by atoms with Crippen LogP contribution in [0.15, 0.2) is 29.3 Å². The average molecular weight is 422 g/mol. The van der Waals surface area contributed by atoms with E-state index in [1.807, 2.05) is 29.2 Å². The Kier molecular flexibility index (Phi) is 5.47. The molecule has 0 atom stereocenters. The fraction of sp³-hybridized carbons (Fsp3) is 0.400. The molecule has 154 valence electrons. The second-order valence-electron chi connectivity index (χ2n) is 6.87. The van der Waals surface area contributed by atoms with E-state index in [1.165, 1.54) is 0 Å². The van der Waals surface area contributed by atoms with Gasteiger partial charge in [-0.3, -0.25) is 0 Å². The molecule has 0 aromatic heterocycles. The molecule has 2 aromatic carbocycles. The number of nitrogens with zero attached hydrogens (tertiary/aromatic N) is 3. The Bertz CT molecular complexity index is 1060. The van der Waals surface area contributed by atoms with Crippen molar-refractivity contribution in [3.63, 3.8) is 0 Å². The molecule has 0 unspecified atom stereocenters. The third-order valence-corrected chi connectivity index (χ3v) is 5.19. The number of fused-ring (bicyclic) bond motifs is 4. The Hall–Kier alpha value is -2.58. The van der Waals surface area contributed by atoms with Gasteiger partial charge in [-0.25, -0.2) is 14.0 Å². The lowest BCUT2D eigenvalue weighted by atomic mass is 10.1. The summed E-state index contributed by atoms with van der Waals surface area (Å²) in [6, 6.07) is 7.48. The van der Waals surface area contributed by atoms with Gasteiger partial charge >= 0.3 is 0 Å². The predicted molar refractivity (Wildman–Crippen MR) is 101 cm³/mol. The summed E-state index contributed by atoms with van der Waals surface area (Å²) < 4.78 is 32.7. The number of rotatable bonds is 4. The van der Waals surface area contributed by atoms with Crippen molar-refractivity contribution in [3.05, 3.63) is 35.0 Å². The van der Waals surface area contributed by atoms with E-state index >= 15 is 0 Å². The topological polar surface area (TPSA) is 66.5 Å². The molecule has 3 aliphatic rings. The molecule has 0 aliphatic carbocycles. The normalized spacial score (nSPS) is 15.9. The molecule has 0 fully saturated rings. The van der Waals surface area contributed by atoms with Crippen molar-refractivity contribution in [2.24, 2.45) is 4.99 Å². The van der Waals surface area contributed by atoms with Crippen LogP contribution in [0.25, 0.3) is 0 Å². The molecular weight excluding hydrogens is 401 g/mol. The molecule has 9 heteroatoms. The Morgan fingerprint density at radius 2 is 1.93 bits per heavy atom. The fourth-order valence-corrected chi connectivity index (χ4v) is 3.85. The van der Waals surface area contributed by atoms with Crippen molar-refractivity contribution in [2.45, 2.75) is 0 Å². The number of ether oxygens (including phenoxy) is 3. The molecule has 29 heavy (non-hydrogen) atoms. The van der Waals surface area contributed by atoms with Gasteiger partial charge in [0.2, 0.25) is 5.36 Å². The van der Waals surface area contributed by atoms with Gasteiger partial charge in [0.05, 0.1) is 18.3 Å². The van der Waals surface area contributed by atoms with Crippen LogP contribution in [0.1, 0.15) is 0 Å². The van der Waals surface area contributed by atoms with Crippen LogP contribution in [-0.4, -0.2) is 57.8 Å². The zero-order valence-corrected chi connectivity index (χ0v) is 16.5. The maximum Gasteiger partial charge on any atom is 0.246 e. The highest BCUT2D eigenvalue weighted by molar-refractivity contribution is 5.72. The number of β-amino-alcohol motifs (C(OH)–C–C–N with tert-alkyl or cyclic N) is 1. The second kappa shape index (κ2) is 8.04. The first-order valence-corrected chi connectivity index (χ1v) is 9.45. The van der Waals surface area contributed by atoms with Crippen LogP contribution in [0.2, 0.25) is 0 Å². The molecule has 0 saturated heterocycles.